The van der Waals surface area contributed by atoms with Crippen LogP contribution in [0.3, 0.4) is 0 Å². The first-order valence-corrected chi connectivity index (χ1v) is 10.3. The molecule has 0 saturated carbocycles. The van der Waals surface area contributed by atoms with Crippen molar-refractivity contribution in [1.82, 2.24) is 0 Å². The van der Waals surface area contributed by atoms with Crippen molar-refractivity contribution in [3.8, 4) is 0 Å². The summed E-state index contributed by atoms with van der Waals surface area (Å²) in [5, 5.41) is 5.57. The highest BCUT2D eigenvalue weighted by Crippen LogP contribution is 2.26. The molecular weight excluding hydrogens is 416 g/mol. The molecule has 0 saturated heterocycles. The van der Waals surface area contributed by atoms with Crippen LogP contribution in [0.5, 0.6) is 0 Å². The summed E-state index contributed by atoms with van der Waals surface area (Å²) in [7, 11) is 0. The molecule has 3 N–H and O–H groups in total. The van der Waals surface area contributed by atoms with Gasteiger partial charge in [0.25, 0.3) is 11.8 Å². The topological polar surface area (TPSA) is 91.2 Å². The van der Waals surface area contributed by atoms with Gasteiger partial charge in [-0.05, 0) is 36.4 Å². The number of nitrogens with zero attached hydrogens (tertiary/aromatic N) is 1. The number of aromatic nitrogens is 1. The van der Waals surface area contributed by atoms with Crippen LogP contribution in [-0.2, 0) is 0 Å². The lowest BCUT2D eigenvalue weighted by Crippen LogP contribution is -2.47. The van der Waals surface area contributed by atoms with E-state index < -0.39 is 5.91 Å². The van der Waals surface area contributed by atoms with E-state index in [2.05, 4.69) is 16.1 Å². The highest BCUT2D eigenvalue weighted by Gasteiger charge is 2.22. The fourth-order valence-electron chi connectivity index (χ4n) is 3.22. The Bertz CT molecular complexity index is 1210. The minimum absolute atomic E-state index is 0.127. The minimum atomic E-state index is -0.501. The lowest BCUT2D eigenvalue weighted by Gasteiger charge is -2.15. The van der Waals surface area contributed by atoms with Gasteiger partial charge in [0.2, 0.25) is 0 Å². The highest BCUT2D eigenvalue weighted by molar-refractivity contribution is 6.16. The molecule has 3 aromatic carbocycles. The van der Waals surface area contributed by atoms with E-state index >= 15 is 0 Å². The Kier molecular flexibility index (Phi) is 6.51. The van der Waals surface area contributed by atoms with Crippen LogP contribution in [0.1, 0.15) is 31.1 Å². The summed E-state index contributed by atoms with van der Waals surface area (Å²) >= 11 is 0. The predicted molar refractivity (Wildman–Crippen MR) is 126 cm³/mol. The van der Waals surface area contributed by atoms with E-state index in [0.717, 1.165) is 0 Å². The zero-order valence-corrected chi connectivity index (χ0v) is 17.6. The van der Waals surface area contributed by atoms with Crippen LogP contribution in [0.2, 0.25) is 0 Å². The molecule has 4 aromatic rings. The third-order valence-electron chi connectivity index (χ3n) is 4.81. The van der Waals surface area contributed by atoms with Gasteiger partial charge in [-0.25, -0.2) is 0 Å². The van der Waals surface area contributed by atoms with Crippen LogP contribution in [0.25, 0.3) is 0 Å². The fraction of sp³-hybridized carbons (Fsp3) is 0. The van der Waals surface area contributed by atoms with Gasteiger partial charge in [-0.3, -0.25) is 14.4 Å². The number of hydrogen-bond acceptors (Lipinski definition) is 3. The molecule has 0 spiro atoms. The molecule has 0 bridgehead atoms. The maximum atomic E-state index is 13.3. The van der Waals surface area contributed by atoms with Crippen LogP contribution < -0.4 is 20.7 Å². The van der Waals surface area contributed by atoms with E-state index in [1.54, 1.807) is 91.3 Å². The summed E-state index contributed by atoms with van der Waals surface area (Å²) in [6.45, 7) is 0. The first kappa shape index (κ1) is 21.5. The fourth-order valence-corrected chi connectivity index (χ4v) is 3.22. The van der Waals surface area contributed by atoms with Crippen LogP contribution in [0.4, 0.5) is 11.4 Å². The first-order chi connectivity index (χ1) is 16.1. The minimum Gasteiger partial charge on any atom is -0.321 e. The molecule has 33 heavy (non-hydrogen) atoms. The third-order valence-corrected chi connectivity index (χ3v) is 4.81. The maximum Gasteiger partial charge on any atom is 0.309 e. The zero-order chi connectivity index (χ0) is 23.0. The number of benzene rings is 3. The molecular formula is C26H21N4O3+. The monoisotopic (exact) mass is 437 g/mol. The average molecular weight is 437 g/mol. The number of nitrogens with one attached hydrogen (secondary N) is 3. The normalized spacial score (nSPS) is 10.2. The lowest BCUT2D eigenvalue weighted by molar-refractivity contribution is -0.641. The highest BCUT2D eigenvalue weighted by atomic mass is 16.2. The summed E-state index contributed by atoms with van der Waals surface area (Å²) in [5.41, 5.74) is 4.29. The largest absolute Gasteiger partial charge is 0.321 e. The van der Waals surface area contributed by atoms with E-state index in [0.29, 0.717) is 11.1 Å². The van der Waals surface area contributed by atoms with E-state index in [1.165, 1.54) is 4.68 Å². The standard InChI is InChI=1S/C26H20N4O3/c31-24(19-11-4-1-5-12-19)27-21-15-10-16-22(28-25(32)20-13-6-2-7-14-20)23(21)26(33)29-30-17-8-3-9-18-30/h1-18H,(H2-,27,28,29,31,32,33)/p+1. The van der Waals surface area contributed by atoms with Crippen molar-refractivity contribution in [1.29, 1.82) is 0 Å². The number of rotatable bonds is 6. The number of hydrogen-bond donors (Lipinski definition) is 3. The van der Waals surface area contributed by atoms with Crippen molar-refractivity contribution in [2.45, 2.75) is 0 Å². The van der Waals surface area contributed by atoms with Gasteiger partial charge >= 0.3 is 5.91 Å². The molecule has 7 nitrogen and oxygen atoms in total. The summed E-state index contributed by atoms with van der Waals surface area (Å²) in [6.07, 6.45) is 3.34. The Balaban J connectivity index is 1.69. The van der Waals surface area contributed by atoms with Gasteiger partial charge in [0.05, 0.1) is 16.9 Å². The average Bonchev–Trinajstić information content (AvgIpc) is 2.86. The molecule has 0 aliphatic rings. The number of anilines is 2. The molecule has 0 aliphatic carbocycles. The molecule has 7 heteroatoms. The Morgan fingerprint density at radius 2 is 0.970 bits per heavy atom. The Labute approximate surface area is 190 Å². The zero-order valence-electron chi connectivity index (χ0n) is 17.6. The summed E-state index contributed by atoms with van der Waals surface area (Å²) < 4.78 is 1.49. The summed E-state index contributed by atoms with van der Waals surface area (Å²) in [6, 6.07) is 27.6. The van der Waals surface area contributed by atoms with Gasteiger partial charge in [0.1, 0.15) is 0 Å². The molecule has 4 rings (SSSR count). The second-order valence-electron chi connectivity index (χ2n) is 7.09. The molecule has 0 fully saturated rings. The van der Waals surface area contributed by atoms with E-state index in [9.17, 15) is 14.4 Å². The van der Waals surface area contributed by atoms with Crippen LogP contribution in [0, 0.1) is 0 Å². The molecule has 0 radical (unpaired) electrons. The maximum absolute atomic E-state index is 13.3. The van der Waals surface area contributed by atoms with E-state index in [1.807, 2.05) is 18.2 Å². The quantitative estimate of drug-likeness (QED) is 0.400. The number of amides is 3. The second kappa shape index (κ2) is 10.0. The van der Waals surface area contributed by atoms with Crippen LogP contribution in [-0.4, -0.2) is 17.7 Å². The molecule has 0 unspecified atom stereocenters. The van der Waals surface area contributed by atoms with Gasteiger partial charge in [-0.15, -0.1) is 5.43 Å². The Hall–Kier alpha value is -4.78. The molecule has 1 heterocycles. The van der Waals surface area contributed by atoms with Gasteiger partial charge in [0, 0.05) is 23.3 Å². The molecule has 0 atom stereocenters. The van der Waals surface area contributed by atoms with Crippen LogP contribution in [0.15, 0.2) is 109 Å². The van der Waals surface area contributed by atoms with Crippen molar-refractivity contribution in [2.24, 2.45) is 0 Å². The van der Waals surface area contributed by atoms with Crippen molar-refractivity contribution in [2.75, 3.05) is 16.1 Å². The second-order valence-corrected chi connectivity index (χ2v) is 7.09. The number of pyridine rings is 1. The molecule has 162 valence electrons. The third kappa shape index (κ3) is 5.29. The predicted octanol–water partition coefficient (Wildman–Crippen LogP) is 3.86. The molecule has 0 aliphatic heterocycles. The van der Waals surface area contributed by atoms with Crippen LogP contribution >= 0.6 is 0 Å². The molecule has 3 amide bonds. The van der Waals surface area contributed by atoms with E-state index in [4.69, 9.17) is 0 Å². The number of carbonyl (C=O) groups excluding carboxylic acids is 3. The molecule has 1 aromatic heterocycles. The van der Waals surface area contributed by atoms with Crippen molar-refractivity contribution in [3.05, 3.63) is 126 Å². The van der Waals surface area contributed by atoms with Gasteiger partial charge in [0.15, 0.2) is 12.4 Å². The first-order valence-electron chi connectivity index (χ1n) is 10.3. The van der Waals surface area contributed by atoms with Gasteiger partial charge in [-0.1, -0.05) is 53.2 Å². The van der Waals surface area contributed by atoms with Crippen molar-refractivity contribution < 1.29 is 19.1 Å². The van der Waals surface area contributed by atoms with Crippen molar-refractivity contribution in [3.63, 3.8) is 0 Å². The SMILES string of the molecule is O=C(Nc1cccc(NC(=O)c2ccccc2)c1C(=O)N[n+]1ccccc1)c1ccccc1. The van der Waals surface area contributed by atoms with Gasteiger partial charge in [-0.2, -0.15) is 0 Å². The lowest BCUT2D eigenvalue weighted by atomic mass is 10.1. The summed E-state index contributed by atoms with van der Waals surface area (Å²) in [4.78, 5) is 38.8. The smallest absolute Gasteiger partial charge is 0.309 e. The van der Waals surface area contributed by atoms with Crippen molar-refractivity contribution >= 4 is 29.1 Å². The summed E-state index contributed by atoms with van der Waals surface area (Å²) in [5.74, 6) is -1.24. The Morgan fingerprint density at radius 3 is 1.45 bits per heavy atom. The Morgan fingerprint density at radius 1 is 0.515 bits per heavy atom. The number of carbonyl (C=O) groups is 3. The van der Waals surface area contributed by atoms with E-state index in [-0.39, 0.29) is 28.8 Å². The van der Waals surface area contributed by atoms with Gasteiger partial charge < -0.3 is 10.6 Å².